The number of aryl methyl sites for hydroxylation is 1. The molecule has 1 atom stereocenters. The summed E-state index contributed by atoms with van der Waals surface area (Å²) in [6.07, 6.45) is 2.07. The molecule has 1 aromatic heterocycles. The monoisotopic (exact) mass is 401 g/mol. The van der Waals surface area contributed by atoms with Gasteiger partial charge in [-0.15, -0.1) is 0 Å². The van der Waals surface area contributed by atoms with Crippen molar-refractivity contribution in [3.05, 3.63) is 54.1 Å². The Labute approximate surface area is 177 Å². The smallest absolute Gasteiger partial charge is 0.212 e. The minimum Gasteiger partial charge on any atom is -0.339 e. The Balaban J connectivity index is 1.62. The fourth-order valence-corrected chi connectivity index (χ4v) is 3.94. The van der Waals surface area contributed by atoms with Gasteiger partial charge in [-0.1, -0.05) is 44.2 Å². The highest BCUT2D eigenvalue weighted by molar-refractivity contribution is 5.85. The van der Waals surface area contributed by atoms with Crippen molar-refractivity contribution in [2.45, 2.75) is 26.8 Å². The summed E-state index contributed by atoms with van der Waals surface area (Å²) in [4.78, 5) is 17.5. The van der Waals surface area contributed by atoms with Crippen LogP contribution in [0, 0.1) is 24.3 Å². The first-order valence-corrected chi connectivity index (χ1v) is 10.3. The number of imidazole rings is 1. The lowest BCUT2D eigenvalue weighted by atomic mass is 10.00. The Kier molecular flexibility index (Phi) is 5.57. The van der Waals surface area contributed by atoms with Crippen LogP contribution < -0.4 is 10.2 Å². The first-order chi connectivity index (χ1) is 14.6. The summed E-state index contributed by atoms with van der Waals surface area (Å²) in [5.74, 6) is 1.88. The quantitative estimate of drug-likeness (QED) is 0.302. The summed E-state index contributed by atoms with van der Waals surface area (Å²) in [6, 6.07) is 16.2. The number of nitrogens with one attached hydrogen (secondary N) is 2. The third-order valence-corrected chi connectivity index (χ3v) is 5.65. The van der Waals surface area contributed by atoms with Crippen LogP contribution in [0.5, 0.6) is 0 Å². The second-order valence-corrected chi connectivity index (χ2v) is 7.99. The molecule has 7 nitrogen and oxygen atoms in total. The molecule has 1 unspecified atom stereocenters. The number of para-hydroxylation sites is 3. The van der Waals surface area contributed by atoms with E-state index in [0.29, 0.717) is 11.9 Å². The van der Waals surface area contributed by atoms with E-state index in [9.17, 15) is 5.26 Å². The van der Waals surface area contributed by atoms with Crippen LogP contribution in [0.1, 0.15) is 19.4 Å². The number of aliphatic imine (C=N–C) groups is 1. The summed E-state index contributed by atoms with van der Waals surface area (Å²) in [6.45, 7) is 8.79. The summed E-state index contributed by atoms with van der Waals surface area (Å²) in [7, 11) is 0. The fourth-order valence-electron chi connectivity index (χ4n) is 3.94. The van der Waals surface area contributed by atoms with Crippen molar-refractivity contribution in [2.24, 2.45) is 10.9 Å². The number of guanidine groups is 1. The Morgan fingerprint density at radius 2 is 1.97 bits per heavy atom. The zero-order valence-electron chi connectivity index (χ0n) is 17.6. The molecule has 1 fully saturated rings. The lowest BCUT2D eigenvalue weighted by Crippen LogP contribution is -2.59. The molecule has 0 spiro atoms. The molecule has 1 saturated heterocycles. The number of fused-ring (bicyclic) bond motifs is 1. The molecule has 0 amide bonds. The third-order valence-electron chi connectivity index (χ3n) is 5.65. The first kappa shape index (κ1) is 19.8. The van der Waals surface area contributed by atoms with Gasteiger partial charge in [0, 0.05) is 19.6 Å². The maximum atomic E-state index is 9.36. The number of aromatic amines is 1. The van der Waals surface area contributed by atoms with E-state index < -0.39 is 0 Å². The number of nitrogens with zero attached hydrogens (tertiary/aromatic N) is 5. The first-order valence-electron chi connectivity index (χ1n) is 10.3. The molecule has 30 heavy (non-hydrogen) atoms. The van der Waals surface area contributed by atoms with E-state index in [4.69, 9.17) is 9.98 Å². The molecule has 4 rings (SSSR count). The standard InChI is InChI=1S/C23H27N7/c1-16(2)21-14-29(23-27-19-10-6-7-11-20(19)28-23)12-13-30(21)22(25-15-24)26-18-9-5-4-8-17(18)3/h4-11,16,21H,12-14H2,1-3H3,(H,25,26)(H,27,28). The van der Waals surface area contributed by atoms with Crippen LogP contribution in [0.4, 0.5) is 11.6 Å². The van der Waals surface area contributed by atoms with E-state index >= 15 is 0 Å². The van der Waals surface area contributed by atoms with Gasteiger partial charge in [-0.05, 0) is 36.6 Å². The second-order valence-electron chi connectivity index (χ2n) is 7.99. The summed E-state index contributed by atoms with van der Waals surface area (Å²) in [5.41, 5.74) is 3.97. The molecule has 7 heteroatoms. The van der Waals surface area contributed by atoms with Crippen molar-refractivity contribution in [1.82, 2.24) is 20.2 Å². The van der Waals surface area contributed by atoms with Gasteiger partial charge in [0.05, 0.1) is 22.8 Å². The van der Waals surface area contributed by atoms with E-state index in [-0.39, 0.29) is 6.04 Å². The van der Waals surface area contributed by atoms with Gasteiger partial charge in [-0.25, -0.2) is 9.98 Å². The van der Waals surface area contributed by atoms with Gasteiger partial charge in [0.1, 0.15) is 0 Å². The molecular formula is C23H27N7. The van der Waals surface area contributed by atoms with Crippen molar-refractivity contribution in [3.8, 4) is 6.19 Å². The number of nitriles is 1. The van der Waals surface area contributed by atoms with Crippen LogP contribution in [0.2, 0.25) is 0 Å². The number of anilines is 1. The zero-order chi connectivity index (χ0) is 21.1. The Morgan fingerprint density at radius 3 is 2.70 bits per heavy atom. The molecule has 0 saturated carbocycles. The molecule has 0 bridgehead atoms. The number of piperazine rings is 1. The SMILES string of the molecule is Cc1ccccc1N=C(NC#N)N1CCN(c2nc3ccccc3[nH]2)CC1C(C)C. The lowest BCUT2D eigenvalue weighted by molar-refractivity contribution is 0.219. The largest absolute Gasteiger partial charge is 0.339 e. The molecule has 1 aliphatic rings. The molecule has 2 heterocycles. The van der Waals surface area contributed by atoms with Gasteiger partial charge >= 0.3 is 0 Å². The van der Waals surface area contributed by atoms with Crippen LogP contribution in [-0.2, 0) is 0 Å². The number of rotatable bonds is 3. The normalized spacial score (nSPS) is 17.4. The zero-order valence-corrected chi connectivity index (χ0v) is 17.6. The minimum absolute atomic E-state index is 0.190. The molecule has 1 aliphatic heterocycles. The highest BCUT2D eigenvalue weighted by Crippen LogP contribution is 2.25. The third kappa shape index (κ3) is 3.94. The number of aromatic nitrogens is 2. The van der Waals surface area contributed by atoms with Crippen molar-refractivity contribution in [2.75, 3.05) is 24.5 Å². The minimum atomic E-state index is 0.190. The highest BCUT2D eigenvalue weighted by atomic mass is 15.4. The van der Waals surface area contributed by atoms with E-state index in [2.05, 4.69) is 40.1 Å². The van der Waals surface area contributed by atoms with E-state index in [1.165, 1.54) is 0 Å². The predicted molar refractivity (Wildman–Crippen MR) is 121 cm³/mol. The topological polar surface area (TPSA) is 83.3 Å². The van der Waals surface area contributed by atoms with E-state index in [1.54, 1.807) is 0 Å². The number of hydrogen-bond donors (Lipinski definition) is 2. The maximum absolute atomic E-state index is 9.36. The van der Waals surface area contributed by atoms with Gasteiger partial charge in [0.25, 0.3) is 0 Å². The maximum Gasteiger partial charge on any atom is 0.212 e. The van der Waals surface area contributed by atoms with Crippen LogP contribution in [0.3, 0.4) is 0 Å². The second kappa shape index (κ2) is 8.46. The number of hydrogen-bond acceptors (Lipinski definition) is 4. The Hall–Kier alpha value is -3.53. The average molecular weight is 402 g/mol. The van der Waals surface area contributed by atoms with Crippen molar-refractivity contribution < 1.29 is 0 Å². The highest BCUT2D eigenvalue weighted by Gasteiger charge is 2.32. The molecule has 0 radical (unpaired) electrons. The van der Waals surface area contributed by atoms with Crippen LogP contribution in [-0.4, -0.2) is 46.5 Å². The molecular weight excluding hydrogens is 374 g/mol. The van der Waals surface area contributed by atoms with Gasteiger partial charge in [-0.2, -0.15) is 5.26 Å². The van der Waals surface area contributed by atoms with Gasteiger partial charge < -0.3 is 14.8 Å². The van der Waals surface area contributed by atoms with Crippen LogP contribution in [0.15, 0.2) is 53.5 Å². The number of H-pyrrole nitrogens is 1. The van der Waals surface area contributed by atoms with Crippen LogP contribution in [0.25, 0.3) is 11.0 Å². The van der Waals surface area contributed by atoms with Gasteiger partial charge in [-0.3, -0.25) is 5.32 Å². The fraction of sp³-hybridized carbons (Fsp3) is 0.348. The summed E-state index contributed by atoms with van der Waals surface area (Å²) >= 11 is 0. The molecule has 154 valence electrons. The van der Waals surface area contributed by atoms with E-state index in [0.717, 1.165) is 47.9 Å². The van der Waals surface area contributed by atoms with E-state index in [1.807, 2.05) is 55.5 Å². The van der Waals surface area contributed by atoms with Crippen molar-refractivity contribution in [3.63, 3.8) is 0 Å². The molecule has 0 aliphatic carbocycles. The molecule has 2 N–H and O–H groups in total. The van der Waals surface area contributed by atoms with Crippen molar-refractivity contribution in [1.29, 1.82) is 5.26 Å². The Morgan fingerprint density at radius 1 is 1.20 bits per heavy atom. The van der Waals surface area contributed by atoms with Crippen molar-refractivity contribution >= 4 is 28.6 Å². The summed E-state index contributed by atoms with van der Waals surface area (Å²) in [5, 5.41) is 12.2. The average Bonchev–Trinajstić information content (AvgIpc) is 3.19. The number of benzene rings is 2. The predicted octanol–water partition coefficient (Wildman–Crippen LogP) is 3.78. The summed E-state index contributed by atoms with van der Waals surface area (Å²) < 4.78 is 0. The van der Waals surface area contributed by atoms with Gasteiger partial charge in [0.2, 0.25) is 11.9 Å². The molecule has 3 aromatic rings. The Bertz CT molecular complexity index is 1060. The lowest BCUT2D eigenvalue weighted by Gasteiger charge is -2.44. The van der Waals surface area contributed by atoms with Crippen LogP contribution >= 0.6 is 0 Å². The van der Waals surface area contributed by atoms with Gasteiger partial charge in [0.15, 0.2) is 6.19 Å². The molecule has 2 aromatic carbocycles.